The van der Waals surface area contributed by atoms with Crippen molar-refractivity contribution in [2.75, 3.05) is 22.9 Å². The van der Waals surface area contributed by atoms with E-state index < -0.39 is 10.0 Å². The predicted octanol–water partition coefficient (Wildman–Crippen LogP) is 4.18. The maximum absolute atomic E-state index is 13.6. The van der Waals surface area contributed by atoms with Gasteiger partial charge in [-0.15, -0.1) is 0 Å². The number of hydrogen-bond donors (Lipinski definition) is 0. The first kappa shape index (κ1) is 21.9. The van der Waals surface area contributed by atoms with Crippen LogP contribution in [0.5, 0.6) is 5.75 Å². The van der Waals surface area contributed by atoms with Crippen LogP contribution in [0.3, 0.4) is 0 Å². The van der Waals surface area contributed by atoms with Gasteiger partial charge in [0.2, 0.25) is 5.91 Å². The average molecular weight is 451 g/mol. The molecular formula is C25H26N2O4S. The van der Waals surface area contributed by atoms with Gasteiger partial charge in [-0.25, -0.2) is 8.42 Å². The monoisotopic (exact) mass is 450 g/mol. The summed E-state index contributed by atoms with van der Waals surface area (Å²) < 4.78 is 33.6. The Morgan fingerprint density at radius 3 is 2.34 bits per heavy atom. The molecule has 1 atom stereocenters. The van der Waals surface area contributed by atoms with E-state index in [0.717, 1.165) is 23.2 Å². The smallest absolute Gasteiger partial charge is 0.264 e. The number of carbonyl (C=O) groups is 1. The van der Waals surface area contributed by atoms with Gasteiger partial charge in [-0.3, -0.25) is 9.10 Å². The van der Waals surface area contributed by atoms with Crippen LogP contribution in [-0.2, 0) is 21.2 Å². The van der Waals surface area contributed by atoms with E-state index in [2.05, 4.69) is 0 Å². The minimum absolute atomic E-state index is 0.0385. The molecule has 6 nitrogen and oxygen atoms in total. The second kappa shape index (κ2) is 8.67. The number of methoxy groups -OCH3 is 1. The van der Waals surface area contributed by atoms with Crippen molar-refractivity contribution in [2.45, 2.75) is 31.2 Å². The summed E-state index contributed by atoms with van der Waals surface area (Å²) in [6, 6.07) is 21.0. The van der Waals surface area contributed by atoms with Crippen molar-refractivity contribution in [1.82, 2.24) is 0 Å². The number of hydrogen-bond acceptors (Lipinski definition) is 4. The molecule has 0 aliphatic carbocycles. The predicted molar refractivity (Wildman–Crippen MR) is 126 cm³/mol. The summed E-state index contributed by atoms with van der Waals surface area (Å²) in [5.41, 5.74) is 3.38. The molecule has 166 valence electrons. The van der Waals surface area contributed by atoms with Crippen molar-refractivity contribution in [2.24, 2.45) is 0 Å². The third-order valence-corrected chi connectivity index (χ3v) is 7.51. The van der Waals surface area contributed by atoms with Crippen LogP contribution in [0.1, 0.15) is 18.1 Å². The number of fused-ring (bicyclic) bond motifs is 1. The van der Waals surface area contributed by atoms with E-state index in [-0.39, 0.29) is 23.4 Å². The van der Waals surface area contributed by atoms with Gasteiger partial charge in [-0.1, -0.05) is 35.9 Å². The van der Waals surface area contributed by atoms with Crippen LogP contribution in [0.15, 0.2) is 77.7 Å². The molecule has 1 aliphatic heterocycles. The van der Waals surface area contributed by atoms with Crippen LogP contribution in [0, 0.1) is 6.92 Å². The first-order chi connectivity index (χ1) is 15.3. The second-order valence-electron chi connectivity index (χ2n) is 7.97. The first-order valence-electron chi connectivity index (χ1n) is 10.4. The number of rotatable bonds is 6. The fourth-order valence-corrected chi connectivity index (χ4v) is 5.46. The second-order valence-corrected chi connectivity index (χ2v) is 9.83. The van der Waals surface area contributed by atoms with Gasteiger partial charge in [0.15, 0.2) is 0 Å². The van der Waals surface area contributed by atoms with Crippen molar-refractivity contribution < 1.29 is 17.9 Å². The number of benzene rings is 3. The molecule has 1 heterocycles. The highest BCUT2D eigenvalue weighted by Gasteiger charge is 2.34. The van der Waals surface area contributed by atoms with Gasteiger partial charge in [0.25, 0.3) is 10.0 Å². The lowest BCUT2D eigenvalue weighted by molar-refractivity contribution is -0.117. The Labute approximate surface area is 189 Å². The fraction of sp³-hybridized carbons (Fsp3) is 0.240. The van der Waals surface area contributed by atoms with Crippen molar-refractivity contribution >= 4 is 27.3 Å². The van der Waals surface area contributed by atoms with Crippen molar-refractivity contribution in [3.05, 3.63) is 83.9 Å². The van der Waals surface area contributed by atoms with Crippen molar-refractivity contribution in [3.8, 4) is 5.75 Å². The van der Waals surface area contributed by atoms with E-state index in [1.807, 2.05) is 50.2 Å². The van der Waals surface area contributed by atoms with E-state index in [0.29, 0.717) is 11.4 Å². The quantitative estimate of drug-likeness (QED) is 0.565. The molecule has 3 aromatic carbocycles. The molecule has 7 heteroatoms. The van der Waals surface area contributed by atoms with Gasteiger partial charge >= 0.3 is 0 Å². The standard InChI is InChI=1S/C25H26N2O4S/c1-18-8-10-21(11-9-18)26(32(29,30)23-14-12-22(31-3)13-15-23)17-25(28)27-19(2)16-20-6-4-5-7-24(20)27/h4-15,19H,16-17H2,1-3H3/t19-/m0/s1. The molecule has 0 N–H and O–H groups in total. The third-order valence-electron chi connectivity index (χ3n) is 5.72. The minimum atomic E-state index is -3.98. The fourth-order valence-electron chi connectivity index (χ4n) is 4.05. The number of para-hydroxylation sites is 1. The topological polar surface area (TPSA) is 66.9 Å². The largest absolute Gasteiger partial charge is 0.497 e. The summed E-state index contributed by atoms with van der Waals surface area (Å²) in [5, 5.41) is 0. The van der Waals surface area contributed by atoms with E-state index >= 15 is 0 Å². The Balaban J connectivity index is 1.72. The van der Waals surface area contributed by atoms with Gasteiger partial charge in [0, 0.05) is 11.7 Å². The first-order valence-corrected chi connectivity index (χ1v) is 11.9. The van der Waals surface area contributed by atoms with Crippen molar-refractivity contribution in [1.29, 1.82) is 0 Å². The summed E-state index contributed by atoms with van der Waals surface area (Å²) >= 11 is 0. The Morgan fingerprint density at radius 1 is 1.03 bits per heavy atom. The molecular weight excluding hydrogens is 424 g/mol. The number of aryl methyl sites for hydroxylation is 1. The van der Waals surface area contributed by atoms with E-state index in [1.54, 1.807) is 29.2 Å². The minimum Gasteiger partial charge on any atom is -0.497 e. The molecule has 0 bridgehead atoms. The Kier molecular flexibility index (Phi) is 5.93. The average Bonchev–Trinajstić information content (AvgIpc) is 3.13. The molecule has 0 saturated heterocycles. The highest BCUT2D eigenvalue weighted by molar-refractivity contribution is 7.92. The van der Waals surface area contributed by atoms with E-state index in [1.165, 1.54) is 23.5 Å². The van der Waals surface area contributed by atoms with Crippen LogP contribution in [0.25, 0.3) is 0 Å². The molecule has 32 heavy (non-hydrogen) atoms. The van der Waals surface area contributed by atoms with Crippen LogP contribution in [0.2, 0.25) is 0 Å². The molecule has 0 saturated carbocycles. The third kappa shape index (κ3) is 4.08. The maximum atomic E-state index is 13.6. The number of nitrogens with zero attached hydrogens (tertiary/aromatic N) is 2. The van der Waals surface area contributed by atoms with E-state index in [9.17, 15) is 13.2 Å². The van der Waals surface area contributed by atoms with E-state index in [4.69, 9.17) is 4.74 Å². The van der Waals surface area contributed by atoms with Gasteiger partial charge in [0.1, 0.15) is 12.3 Å². The van der Waals surface area contributed by atoms with Crippen LogP contribution in [-0.4, -0.2) is 34.0 Å². The molecule has 4 rings (SSSR count). The lowest BCUT2D eigenvalue weighted by Crippen LogP contribution is -2.45. The lowest BCUT2D eigenvalue weighted by atomic mass is 10.1. The highest BCUT2D eigenvalue weighted by atomic mass is 32.2. The molecule has 0 radical (unpaired) electrons. The summed E-state index contributed by atoms with van der Waals surface area (Å²) in [4.78, 5) is 15.3. The molecule has 1 amide bonds. The van der Waals surface area contributed by atoms with Gasteiger partial charge in [0.05, 0.1) is 17.7 Å². The summed E-state index contributed by atoms with van der Waals surface area (Å²) in [6.07, 6.45) is 0.748. The molecule has 0 fully saturated rings. The maximum Gasteiger partial charge on any atom is 0.264 e. The van der Waals surface area contributed by atoms with Crippen LogP contribution in [0.4, 0.5) is 11.4 Å². The molecule has 1 aliphatic rings. The number of carbonyl (C=O) groups excluding carboxylic acids is 1. The number of anilines is 2. The van der Waals surface area contributed by atoms with Gasteiger partial charge in [-0.05, 0) is 68.3 Å². The summed E-state index contributed by atoms with van der Waals surface area (Å²) in [7, 11) is -2.46. The van der Waals surface area contributed by atoms with Gasteiger partial charge < -0.3 is 9.64 Å². The normalized spacial score (nSPS) is 15.3. The van der Waals surface area contributed by atoms with Crippen molar-refractivity contribution in [3.63, 3.8) is 0 Å². The number of sulfonamides is 1. The number of ether oxygens (including phenoxy) is 1. The molecule has 3 aromatic rings. The lowest BCUT2D eigenvalue weighted by Gasteiger charge is -2.29. The Morgan fingerprint density at radius 2 is 1.69 bits per heavy atom. The van der Waals surface area contributed by atoms with Gasteiger partial charge in [-0.2, -0.15) is 0 Å². The summed E-state index contributed by atoms with van der Waals surface area (Å²) in [6.45, 7) is 3.61. The molecule has 0 spiro atoms. The highest BCUT2D eigenvalue weighted by Crippen LogP contribution is 2.33. The molecule has 0 aromatic heterocycles. The molecule has 0 unspecified atom stereocenters. The zero-order chi connectivity index (χ0) is 22.9. The van der Waals surface area contributed by atoms with Crippen LogP contribution < -0.4 is 13.9 Å². The Hall–Kier alpha value is -3.32. The van der Waals surface area contributed by atoms with Crippen LogP contribution >= 0.6 is 0 Å². The zero-order valence-corrected chi connectivity index (χ0v) is 19.2. The Bertz CT molecular complexity index is 1220. The zero-order valence-electron chi connectivity index (χ0n) is 18.4. The summed E-state index contributed by atoms with van der Waals surface area (Å²) in [5.74, 6) is 0.296. The number of amides is 1. The SMILES string of the molecule is COc1ccc(S(=O)(=O)N(CC(=O)N2c3ccccc3C[C@@H]2C)c2ccc(C)cc2)cc1.